The molecule has 4 aromatic rings. The molecule has 0 fully saturated rings. The highest BCUT2D eigenvalue weighted by Gasteiger charge is 2.37. The Bertz CT molecular complexity index is 1680. The van der Waals surface area contributed by atoms with Gasteiger partial charge in [-0.15, -0.1) is 0 Å². The molecule has 0 bridgehead atoms. The van der Waals surface area contributed by atoms with Crippen LogP contribution in [-0.4, -0.2) is 41.5 Å². The number of anilines is 1. The summed E-state index contributed by atoms with van der Waals surface area (Å²) in [5, 5.41) is 11.0. The smallest absolute Gasteiger partial charge is 0.321 e. The number of amides is 1. The van der Waals surface area contributed by atoms with Gasteiger partial charge in [0.05, 0.1) is 15.7 Å². The normalized spacial score (nSPS) is 17.9. The van der Waals surface area contributed by atoms with Crippen molar-refractivity contribution < 1.29 is 24.2 Å². The number of likely N-dealkylation sites (N-methyl/N-ethyl adjacent to an activating group) is 1. The van der Waals surface area contributed by atoms with Crippen LogP contribution in [0.1, 0.15) is 40.3 Å². The number of benzene rings is 4. The van der Waals surface area contributed by atoms with Gasteiger partial charge in [0.15, 0.2) is 0 Å². The van der Waals surface area contributed by atoms with Gasteiger partial charge in [0.2, 0.25) is 6.10 Å². The van der Waals surface area contributed by atoms with Crippen LogP contribution in [0.2, 0.25) is 10.0 Å². The molecule has 0 aromatic heterocycles. The molecule has 0 spiro atoms. The minimum absolute atomic E-state index is 0.199. The van der Waals surface area contributed by atoms with E-state index in [4.69, 9.17) is 32.7 Å². The van der Waals surface area contributed by atoms with Crippen LogP contribution in [-0.2, 0) is 35.6 Å². The number of aryl methyl sites for hydroxylation is 1. The molecule has 2 heterocycles. The lowest BCUT2D eigenvalue weighted by molar-refractivity contribution is -0.144. The molecule has 4 aromatic carbocycles. The summed E-state index contributed by atoms with van der Waals surface area (Å²) >= 11 is 12.1. The maximum absolute atomic E-state index is 13.4. The monoisotopic (exact) mass is 630 g/mol. The van der Waals surface area contributed by atoms with E-state index in [1.54, 1.807) is 24.1 Å². The number of aliphatic carboxylic acids is 1. The van der Waals surface area contributed by atoms with Gasteiger partial charge in [0, 0.05) is 19.2 Å². The maximum atomic E-state index is 13.4. The quantitative estimate of drug-likeness (QED) is 0.212. The topological polar surface area (TPSA) is 79.3 Å². The molecule has 0 aliphatic carbocycles. The molecule has 0 saturated carbocycles. The van der Waals surface area contributed by atoms with Crippen molar-refractivity contribution >= 4 is 40.8 Å². The van der Waals surface area contributed by atoms with E-state index in [1.165, 1.54) is 5.56 Å². The van der Waals surface area contributed by atoms with Crippen molar-refractivity contribution in [3.63, 3.8) is 0 Å². The Balaban J connectivity index is 1.16. The molecular formula is C35H32Cl2N2O5. The summed E-state index contributed by atoms with van der Waals surface area (Å²) in [5.41, 5.74) is 5.44. The zero-order valence-corrected chi connectivity index (χ0v) is 25.7. The van der Waals surface area contributed by atoms with Crippen LogP contribution in [0.15, 0.2) is 84.9 Å². The number of hydrogen-bond donors (Lipinski definition) is 1. The number of fused-ring (bicyclic) bond motifs is 2. The van der Waals surface area contributed by atoms with Gasteiger partial charge < -0.3 is 19.5 Å². The van der Waals surface area contributed by atoms with E-state index in [1.807, 2.05) is 65.6 Å². The predicted octanol–water partition coefficient (Wildman–Crippen LogP) is 7.11. The highest BCUT2D eigenvalue weighted by molar-refractivity contribution is 6.42. The fraction of sp³-hybridized carbons (Fsp3) is 0.257. The standard InChI is InChI=1S/C35H32Cl2N2O5/c1-38-30-17-25-18-31(35(41)42)39(15-5-8-22-6-3-2-4-7-22)20-26(25)19-32(30)44-33(34(38)40)24-10-12-27(13-11-24)43-21-23-9-14-28(36)29(37)16-23/h2-4,6-7,9-14,16-17,19,31,33H,5,8,15,18,20-21H2,1H3,(H,41,42)/t31-,33-/m0/s1. The van der Waals surface area contributed by atoms with Crippen LogP contribution >= 0.6 is 23.2 Å². The van der Waals surface area contributed by atoms with Gasteiger partial charge in [-0.3, -0.25) is 14.5 Å². The predicted molar refractivity (Wildman–Crippen MR) is 171 cm³/mol. The lowest BCUT2D eigenvalue weighted by Gasteiger charge is -2.37. The van der Waals surface area contributed by atoms with E-state index in [-0.39, 0.29) is 5.91 Å². The lowest BCUT2D eigenvalue weighted by atomic mass is 9.91. The number of halogens is 2. The first-order valence-electron chi connectivity index (χ1n) is 14.5. The van der Waals surface area contributed by atoms with E-state index < -0.39 is 18.1 Å². The highest BCUT2D eigenvalue weighted by atomic mass is 35.5. The van der Waals surface area contributed by atoms with Crippen LogP contribution in [0.25, 0.3) is 0 Å². The van der Waals surface area contributed by atoms with Crippen LogP contribution < -0.4 is 14.4 Å². The Morgan fingerprint density at radius 3 is 2.45 bits per heavy atom. The fourth-order valence-corrected chi connectivity index (χ4v) is 6.16. The second-order valence-electron chi connectivity index (χ2n) is 11.2. The first-order valence-corrected chi connectivity index (χ1v) is 15.3. The molecule has 1 amide bonds. The first kappa shape index (κ1) is 30.0. The van der Waals surface area contributed by atoms with Crippen molar-refractivity contribution in [3.8, 4) is 11.5 Å². The summed E-state index contributed by atoms with van der Waals surface area (Å²) in [4.78, 5) is 29.3. The average Bonchev–Trinajstić information content (AvgIpc) is 3.03. The van der Waals surface area contributed by atoms with Crippen LogP contribution in [0.4, 0.5) is 5.69 Å². The Kier molecular flexibility index (Phi) is 8.80. The number of carboxylic acids is 1. The molecule has 226 valence electrons. The van der Waals surface area contributed by atoms with Crippen LogP contribution in [0.5, 0.6) is 11.5 Å². The third-order valence-corrected chi connectivity index (χ3v) is 9.02. The number of nitrogens with zero attached hydrogens (tertiary/aromatic N) is 2. The molecule has 0 unspecified atom stereocenters. The summed E-state index contributed by atoms with van der Waals surface area (Å²) in [6.45, 7) is 1.50. The summed E-state index contributed by atoms with van der Waals surface area (Å²) in [5.74, 6) is 0.216. The number of carbonyl (C=O) groups excluding carboxylic acids is 1. The molecule has 6 rings (SSSR count). The Labute approximate surface area is 266 Å². The molecule has 1 N–H and O–H groups in total. The van der Waals surface area contributed by atoms with Crippen molar-refractivity contribution in [3.05, 3.63) is 123 Å². The second-order valence-corrected chi connectivity index (χ2v) is 12.0. The van der Waals surface area contributed by atoms with Crippen LogP contribution in [0, 0.1) is 0 Å². The van der Waals surface area contributed by atoms with Crippen molar-refractivity contribution in [2.45, 2.75) is 44.6 Å². The van der Waals surface area contributed by atoms with Crippen molar-refractivity contribution in [1.29, 1.82) is 0 Å². The molecule has 0 radical (unpaired) electrons. The van der Waals surface area contributed by atoms with Gasteiger partial charge in [0.25, 0.3) is 5.91 Å². The average molecular weight is 632 g/mol. The van der Waals surface area contributed by atoms with Gasteiger partial charge in [-0.05, 0) is 84.5 Å². The summed E-state index contributed by atoms with van der Waals surface area (Å²) in [6, 6.07) is 26.1. The third-order valence-electron chi connectivity index (χ3n) is 8.28. The number of hydrogen-bond acceptors (Lipinski definition) is 5. The SMILES string of the molecule is CN1C(=O)[C@H](c2ccc(OCc3ccc(Cl)c(Cl)c3)cc2)Oc2cc3c(cc21)C[C@@H](C(=O)O)N(CCCc1ccccc1)C3. The van der Waals surface area contributed by atoms with E-state index in [9.17, 15) is 14.7 Å². The summed E-state index contributed by atoms with van der Waals surface area (Å²) in [6.07, 6.45) is 1.31. The molecule has 0 saturated heterocycles. The van der Waals surface area contributed by atoms with Crippen molar-refractivity contribution in [2.24, 2.45) is 0 Å². The van der Waals surface area contributed by atoms with Crippen molar-refractivity contribution in [2.75, 3.05) is 18.5 Å². The molecule has 7 nitrogen and oxygen atoms in total. The lowest BCUT2D eigenvalue weighted by Crippen LogP contribution is -2.46. The Morgan fingerprint density at radius 1 is 0.955 bits per heavy atom. The Morgan fingerprint density at radius 2 is 1.73 bits per heavy atom. The van der Waals surface area contributed by atoms with Crippen LogP contribution in [0.3, 0.4) is 0 Å². The van der Waals surface area contributed by atoms with E-state index >= 15 is 0 Å². The molecule has 2 atom stereocenters. The Hall–Kier alpha value is -4.04. The summed E-state index contributed by atoms with van der Waals surface area (Å²) < 4.78 is 12.2. The zero-order chi connectivity index (χ0) is 30.8. The van der Waals surface area contributed by atoms with E-state index in [0.717, 1.165) is 29.5 Å². The molecule has 44 heavy (non-hydrogen) atoms. The number of carboxylic acid groups (broad SMARTS) is 1. The third kappa shape index (κ3) is 6.41. The maximum Gasteiger partial charge on any atom is 0.321 e. The first-order chi connectivity index (χ1) is 21.3. The summed E-state index contributed by atoms with van der Waals surface area (Å²) in [7, 11) is 1.73. The fourth-order valence-electron chi connectivity index (χ4n) is 5.84. The number of ether oxygens (including phenoxy) is 2. The van der Waals surface area contributed by atoms with Gasteiger partial charge in [0.1, 0.15) is 24.1 Å². The minimum atomic E-state index is -0.835. The molecule has 2 aliphatic heterocycles. The molecule has 9 heteroatoms. The van der Waals surface area contributed by atoms with Gasteiger partial charge >= 0.3 is 5.97 Å². The number of rotatable bonds is 9. The van der Waals surface area contributed by atoms with Gasteiger partial charge in [-0.2, -0.15) is 0 Å². The largest absolute Gasteiger partial charge is 0.489 e. The molecular weight excluding hydrogens is 599 g/mol. The highest BCUT2D eigenvalue weighted by Crippen LogP contribution is 2.42. The number of carbonyl (C=O) groups is 2. The van der Waals surface area contributed by atoms with Gasteiger partial charge in [-0.1, -0.05) is 71.7 Å². The van der Waals surface area contributed by atoms with E-state index in [2.05, 4.69) is 12.1 Å². The zero-order valence-electron chi connectivity index (χ0n) is 24.2. The second kappa shape index (κ2) is 12.9. The van der Waals surface area contributed by atoms with E-state index in [0.29, 0.717) is 58.9 Å². The van der Waals surface area contributed by atoms with Gasteiger partial charge in [-0.25, -0.2) is 0 Å². The minimum Gasteiger partial charge on any atom is -0.489 e. The van der Waals surface area contributed by atoms with Crippen molar-refractivity contribution in [1.82, 2.24) is 4.90 Å². The molecule has 2 aliphatic rings.